The molecule has 1 aliphatic rings. The largest absolute Gasteiger partial charge is 0.497 e. The molecule has 86 valence electrons. The van der Waals surface area contributed by atoms with E-state index in [0.29, 0.717) is 6.54 Å². The predicted octanol–water partition coefficient (Wildman–Crippen LogP) is 0.483. The third-order valence-corrected chi connectivity index (χ3v) is 3.10. The number of methoxy groups -OCH3 is 1. The smallest absolute Gasteiger partial charge is 0.222 e. The lowest BCUT2D eigenvalue weighted by Gasteiger charge is -2.16. The van der Waals surface area contributed by atoms with E-state index in [0.717, 1.165) is 17.9 Å². The Morgan fingerprint density at radius 1 is 1.50 bits per heavy atom. The summed E-state index contributed by atoms with van der Waals surface area (Å²) >= 11 is 0. The molecule has 1 aliphatic heterocycles. The van der Waals surface area contributed by atoms with Gasteiger partial charge in [0.1, 0.15) is 5.75 Å². The summed E-state index contributed by atoms with van der Waals surface area (Å²) in [6, 6.07) is 7.80. The number of amides is 1. The number of ether oxygens (including phenoxy) is 1. The second-order valence-electron chi connectivity index (χ2n) is 4.05. The van der Waals surface area contributed by atoms with Crippen molar-refractivity contribution in [1.29, 1.82) is 0 Å². The van der Waals surface area contributed by atoms with Gasteiger partial charge in [-0.25, -0.2) is 0 Å². The molecule has 0 spiro atoms. The molecule has 0 aliphatic carbocycles. The zero-order chi connectivity index (χ0) is 11.5. The molecule has 4 nitrogen and oxygen atoms in total. The van der Waals surface area contributed by atoms with Gasteiger partial charge in [0.25, 0.3) is 0 Å². The third kappa shape index (κ3) is 2.02. The summed E-state index contributed by atoms with van der Waals surface area (Å²) in [6.45, 7) is 1.46. The molecule has 0 radical (unpaired) electrons. The summed E-state index contributed by atoms with van der Waals surface area (Å²) in [6.07, 6.45) is 0. The van der Waals surface area contributed by atoms with E-state index in [4.69, 9.17) is 10.5 Å². The van der Waals surface area contributed by atoms with Crippen molar-refractivity contribution in [2.45, 2.75) is 5.92 Å². The molecule has 1 fully saturated rings. The van der Waals surface area contributed by atoms with Crippen LogP contribution in [-0.2, 0) is 4.79 Å². The number of benzene rings is 1. The maximum absolute atomic E-state index is 11.3. The van der Waals surface area contributed by atoms with Crippen LogP contribution in [0.15, 0.2) is 24.3 Å². The molecule has 4 heteroatoms. The van der Waals surface area contributed by atoms with Crippen LogP contribution in [0.3, 0.4) is 0 Å². The van der Waals surface area contributed by atoms with Crippen molar-refractivity contribution in [2.75, 3.05) is 20.2 Å². The van der Waals surface area contributed by atoms with Crippen LogP contribution in [0.2, 0.25) is 0 Å². The minimum absolute atomic E-state index is 0.118. The highest BCUT2D eigenvalue weighted by Crippen LogP contribution is 2.29. The fourth-order valence-corrected chi connectivity index (χ4v) is 2.20. The van der Waals surface area contributed by atoms with Crippen molar-refractivity contribution in [2.24, 2.45) is 11.7 Å². The number of nitrogens with two attached hydrogens (primary N) is 1. The molecule has 1 aromatic carbocycles. The van der Waals surface area contributed by atoms with E-state index in [-0.39, 0.29) is 17.7 Å². The van der Waals surface area contributed by atoms with Gasteiger partial charge in [0, 0.05) is 19.0 Å². The van der Waals surface area contributed by atoms with Gasteiger partial charge in [-0.1, -0.05) is 12.1 Å². The van der Waals surface area contributed by atoms with E-state index in [9.17, 15) is 4.79 Å². The van der Waals surface area contributed by atoms with Gasteiger partial charge in [-0.05, 0) is 17.7 Å². The molecule has 2 atom stereocenters. The summed E-state index contributed by atoms with van der Waals surface area (Å²) in [5, 5.41) is 3.20. The molecule has 0 aromatic heterocycles. The van der Waals surface area contributed by atoms with Gasteiger partial charge in [-0.15, -0.1) is 0 Å². The standard InChI is InChI=1S/C12H16N2O2/c1-16-9-4-2-3-8(5-9)10-6-14-7-11(10)12(13)15/h2-5,10-11,14H,6-7H2,1H3,(H2,13,15). The molecule has 0 bridgehead atoms. The quantitative estimate of drug-likeness (QED) is 0.779. The number of primary amides is 1. The van der Waals surface area contributed by atoms with Crippen LogP contribution in [0, 0.1) is 5.92 Å². The van der Waals surface area contributed by atoms with Crippen LogP contribution < -0.4 is 15.8 Å². The van der Waals surface area contributed by atoms with Crippen LogP contribution >= 0.6 is 0 Å². The van der Waals surface area contributed by atoms with Gasteiger partial charge in [0.2, 0.25) is 5.91 Å². The normalized spacial score (nSPS) is 24.3. The van der Waals surface area contributed by atoms with E-state index in [2.05, 4.69) is 5.32 Å². The summed E-state index contributed by atoms with van der Waals surface area (Å²) in [7, 11) is 1.64. The van der Waals surface area contributed by atoms with Gasteiger partial charge in [-0.3, -0.25) is 4.79 Å². The summed E-state index contributed by atoms with van der Waals surface area (Å²) < 4.78 is 5.17. The maximum Gasteiger partial charge on any atom is 0.222 e. The van der Waals surface area contributed by atoms with E-state index in [1.165, 1.54) is 0 Å². The molecule has 1 amide bonds. The Morgan fingerprint density at radius 3 is 3.00 bits per heavy atom. The van der Waals surface area contributed by atoms with E-state index in [1.54, 1.807) is 7.11 Å². The van der Waals surface area contributed by atoms with E-state index < -0.39 is 0 Å². The van der Waals surface area contributed by atoms with Crippen LogP contribution in [-0.4, -0.2) is 26.1 Å². The Bertz CT molecular complexity index is 392. The number of hydrogen-bond donors (Lipinski definition) is 2. The number of carbonyl (C=O) groups is 1. The number of nitrogens with one attached hydrogen (secondary N) is 1. The van der Waals surface area contributed by atoms with Crippen molar-refractivity contribution in [3.05, 3.63) is 29.8 Å². The fraction of sp³-hybridized carbons (Fsp3) is 0.417. The van der Waals surface area contributed by atoms with Crippen LogP contribution in [0.1, 0.15) is 11.5 Å². The highest BCUT2D eigenvalue weighted by molar-refractivity contribution is 5.78. The minimum atomic E-state index is -0.238. The van der Waals surface area contributed by atoms with Crippen molar-refractivity contribution in [3.8, 4) is 5.75 Å². The average molecular weight is 220 g/mol. The van der Waals surface area contributed by atoms with E-state index >= 15 is 0 Å². The van der Waals surface area contributed by atoms with Crippen molar-refractivity contribution < 1.29 is 9.53 Å². The Hall–Kier alpha value is -1.55. The van der Waals surface area contributed by atoms with Gasteiger partial charge in [0.05, 0.1) is 13.0 Å². The fourth-order valence-electron chi connectivity index (χ4n) is 2.20. The Balaban J connectivity index is 2.25. The molecule has 2 unspecified atom stereocenters. The third-order valence-electron chi connectivity index (χ3n) is 3.10. The SMILES string of the molecule is COc1cccc(C2CNCC2C(N)=O)c1. The summed E-state index contributed by atoms with van der Waals surface area (Å²) in [4.78, 5) is 11.3. The van der Waals surface area contributed by atoms with E-state index in [1.807, 2.05) is 24.3 Å². The molecule has 1 saturated heterocycles. The summed E-state index contributed by atoms with van der Waals surface area (Å²) in [5.74, 6) is 0.616. The second kappa shape index (κ2) is 4.53. The van der Waals surface area contributed by atoms with Gasteiger partial charge in [-0.2, -0.15) is 0 Å². The second-order valence-corrected chi connectivity index (χ2v) is 4.05. The van der Waals surface area contributed by atoms with Crippen LogP contribution in [0.5, 0.6) is 5.75 Å². The maximum atomic E-state index is 11.3. The first-order valence-corrected chi connectivity index (χ1v) is 5.36. The first-order chi connectivity index (χ1) is 7.72. The van der Waals surface area contributed by atoms with Crippen molar-refractivity contribution in [3.63, 3.8) is 0 Å². The number of rotatable bonds is 3. The van der Waals surface area contributed by atoms with Gasteiger partial charge in [0.15, 0.2) is 0 Å². The van der Waals surface area contributed by atoms with Gasteiger partial charge < -0.3 is 15.8 Å². The zero-order valence-corrected chi connectivity index (χ0v) is 9.27. The molecule has 1 heterocycles. The Morgan fingerprint density at radius 2 is 2.31 bits per heavy atom. The molecule has 1 aromatic rings. The monoisotopic (exact) mass is 220 g/mol. The molecule has 16 heavy (non-hydrogen) atoms. The number of hydrogen-bond acceptors (Lipinski definition) is 3. The topological polar surface area (TPSA) is 64.3 Å². The first kappa shape index (κ1) is 11.0. The number of carbonyl (C=O) groups excluding carboxylic acids is 1. The highest BCUT2D eigenvalue weighted by Gasteiger charge is 2.32. The van der Waals surface area contributed by atoms with Crippen molar-refractivity contribution in [1.82, 2.24) is 5.32 Å². The Labute approximate surface area is 94.8 Å². The molecule has 2 rings (SSSR count). The lowest BCUT2D eigenvalue weighted by molar-refractivity contribution is -0.121. The predicted molar refractivity (Wildman–Crippen MR) is 61.3 cm³/mol. The lowest BCUT2D eigenvalue weighted by atomic mass is 9.88. The molecule has 3 N–H and O–H groups in total. The van der Waals surface area contributed by atoms with Crippen LogP contribution in [0.25, 0.3) is 0 Å². The zero-order valence-electron chi connectivity index (χ0n) is 9.27. The van der Waals surface area contributed by atoms with Crippen molar-refractivity contribution >= 4 is 5.91 Å². The minimum Gasteiger partial charge on any atom is -0.497 e. The first-order valence-electron chi connectivity index (χ1n) is 5.36. The lowest BCUT2D eigenvalue weighted by Crippen LogP contribution is -2.28. The molecule has 0 saturated carbocycles. The molecular formula is C12H16N2O2. The van der Waals surface area contributed by atoms with Gasteiger partial charge >= 0.3 is 0 Å². The summed E-state index contributed by atoms with van der Waals surface area (Å²) in [5.41, 5.74) is 6.49. The Kier molecular flexibility index (Phi) is 3.10. The highest BCUT2D eigenvalue weighted by atomic mass is 16.5. The van der Waals surface area contributed by atoms with Crippen LogP contribution in [0.4, 0.5) is 0 Å². The molecular weight excluding hydrogens is 204 g/mol. The average Bonchev–Trinajstić information content (AvgIpc) is 2.78.